The molecule has 0 aliphatic carbocycles. The van der Waals surface area contributed by atoms with Gasteiger partial charge < -0.3 is 5.11 Å². The van der Waals surface area contributed by atoms with Crippen molar-refractivity contribution in [2.45, 2.75) is 6.10 Å². The predicted molar refractivity (Wildman–Crippen MR) is 119 cm³/mol. The van der Waals surface area contributed by atoms with E-state index in [1.165, 1.54) is 0 Å². The Hall–Kier alpha value is -2.92. The van der Waals surface area contributed by atoms with E-state index in [1.54, 1.807) is 22.9 Å². The molecule has 0 aliphatic rings. The van der Waals surface area contributed by atoms with E-state index in [-0.39, 0.29) is 0 Å². The van der Waals surface area contributed by atoms with Crippen LogP contribution in [0.5, 0.6) is 0 Å². The van der Waals surface area contributed by atoms with Crippen LogP contribution < -0.4 is 0 Å². The second kappa shape index (κ2) is 8.62. The molecular weight excluding hydrogens is 405 g/mol. The van der Waals surface area contributed by atoms with Crippen LogP contribution in [0.2, 0.25) is 10.0 Å². The highest BCUT2D eigenvalue weighted by atomic mass is 35.5. The molecule has 0 radical (unpaired) electrons. The first-order valence-corrected chi connectivity index (χ1v) is 9.76. The number of benzene rings is 3. The van der Waals surface area contributed by atoms with Gasteiger partial charge in [0.2, 0.25) is 0 Å². The second-order valence-corrected chi connectivity index (χ2v) is 7.26. The Morgan fingerprint density at radius 1 is 0.966 bits per heavy atom. The highest BCUT2D eigenvalue weighted by Crippen LogP contribution is 2.33. The number of aliphatic hydroxyl groups is 1. The maximum absolute atomic E-state index is 11.2. The summed E-state index contributed by atoms with van der Waals surface area (Å²) in [4.78, 5) is 0. The Labute approximate surface area is 178 Å². The Bertz CT molecular complexity index is 1200. The van der Waals surface area contributed by atoms with Gasteiger partial charge in [0.05, 0.1) is 11.2 Å². The average molecular weight is 422 g/mol. The van der Waals surface area contributed by atoms with Crippen LogP contribution in [-0.2, 0) is 0 Å². The van der Waals surface area contributed by atoms with Crippen molar-refractivity contribution in [2.24, 2.45) is 0 Å². The van der Waals surface area contributed by atoms with E-state index < -0.39 is 6.10 Å². The zero-order valence-corrected chi connectivity index (χ0v) is 16.8. The van der Waals surface area contributed by atoms with E-state index >= 15 is 0 Å². The largest absolute Gasteiger partial charge is 0.382 e. The molecule has 1 N–H and O–H groups in total. The zero-order valence-electron chi connectivity index (χ0n) is 15.3. The first-order chi connectivity index (χ1) is 14.1. The smallest absolute Gasteiger partial charge is 0.123 e. The third-order valence-electron chi connectivity index (χ3n) is 4.49. The van der Waals surface area contributed by atoms with E-state index in [1.807, 2.05) is 72.8 Å². The van der Waals surface area contributed by atoms with Gasteiger partial charge in [0.1, 0.15) is 11.6 Å². The lowest BCUT2D eigenvalue weighted by molar-refractivity contribution is 0.230. The number of hydrogen-bond donors (Lipinski definition) is 1. The molecule has 6 heteroatoms. The van der Waals surface area contributed by atoms with Gasteiger partial charge in [-0.05, 0) is 35.9 Å². The molecule has 1 atom stereocenters. The van der Waals surface area contributed by atoms with Crippen LogP contribution in [0.15, 0.2) is 84.9 Å². The van der Waals surface area contributed by atoms with Crippen molar-refractivity contribution in [1.29, 1.82) is 0 Å². The van der Waals surface area contributed by atoms with Crippen LogP contribution in [0.25, 0.3) is 22.8 Å². The molecule has 29 heavy (non-hydrogen) atoms. The van der Waals surface area contributed by atoms with Gasteiger partial charge in [-0.1, -0.05) is 89.1 Å². The molecule has 0 fully saturated rings. The summed E-state index contributed by atoms with van der Waals surface area (Å²) in [6, 6.07) is 22.5. The SMILES string of the molecule is OC(C(=CC=Cc1ccccc1)n1nnc2ccccc21)c1ccc(Cl)cc1Cl. The Balaban J connectivity index is 1.80. The van der Waals surface area contributed by atoms with Gasteiger partial charge in [0.25, 0.3) is 0 Å². The summed E-state index contributed by atoms with van der Waals surface area (Å²) < 4.78 is 1.63. The third-order valence-corrected chi connectivity index (χ3v) is 5.05. The normalized spacial score (nSPS) is 13.3. The van der Waals surface area contributed by atoms with E-state index in [0.717, 1.165) is 16.6 Å². The van der Waals surface area contributed by atoms with Gasteiger partial charge in [-0.15, -0.1) is 5.10 Å². The molecule has 0 aliphatic heterocycles. The molecule has 1 heterocycles. The first-order valence-electron chi connectivity index (χ1n) is 9.00. The fourth-order valence-electron chi connectivity index (χ4n) is 3.04. The molecule has 0 spiro atoms. The molecule has 144 valence electrons. The average Bonchev–Trinajstić information content (AvgIpc) is 3.15. The van der Waals surface area contributed by atoms with Gasteiger partial charge in [0.15, 0.2) is 0 Å². The van der Waals surface area contributed by atoms with Crippen molar-refractivity contribution < 1.29 is 5.11 Å². The van der Waals surface area contributed by atoms with Crippen molar-refractivity contribution in [2.75, 3.05) is 0 Å². The number of fused-ring (bicyclic) bond motifs is 1. The number of para-hydroxylation sites is 1. The van der Waals surface area contributed by atoms with Gasteiger partial charge in [-0.3, -0.25) is 0 Å². The number of rotatable bonds is 5. The monoisotopic (exact) mass is 421 g/mol. The van der Waals surface area contributed by atoms with Crippen molar-refractivity contribution in [3.63, 3.8) is 0 Å². The number of nitrogens with zero attached hydrogens (tertiary/aromatic N) is 3. The van der Waals surface area contributed by atoms with Gasteiger partial charge in [-0.2, -0.15) is 0 Å². The number of aliphatic hydroxyl groups excluding tert-OH is 1. The molecule has 3 aromatic carbocycles. The summed E-state index contributed by atoms with van der Waals surface area (Å²) in [7, 11) is 0. The van der Waals surface area contributed by atoms with Crippen molar-refractivity contribution in [3.05, 3.63) is 106 Å². The van der Waals surface area contributed by atoms with E-state index in [4.69, 9.17) is 23.2 Å². The lowest BCUT2D eigenvalue weighted by Crippen LogP contribution is -2.10. The zero-order chi connectivity index (χ0) is 20.2. The standard InChI is InChI=1S/C23H17Cl2N3O/c24-17-13-14-18(19(25)15-17)23(29)22(12-6-9-16-7-2-1-3-8-16)28-21-11-5-4-10-20(21)26-27-28/h1-15,23,29H. The molecule has 1 aromatic heterocycles. The minimum atomic E-state index is -1.02. The maximum atomic E-state index is 11.2. The quantitative estimate of drug-likeness (QED) is 0.400. The second-order valence-electron chi connectivity index (χ2n) is 6.42. The fraction of sp³-hybridized carbons (Fsp3) is 0.0435. The topological polar surface area (TPSA) is 50.9 Å². The molecule has 1 unspecified atom stereocenters. The maximum Gasteiger partial charge on any atom is 0.123 e. The number of allylic oxidation sites excluding steroid dienone is 2. The molecule has 0 saturated carbocycles. The highest BCUT2D eigenvalue weighted by molar-refractivity contribution is 6.35. The molecule has 4 rings (SSSR count). The Morgan fingerprint density at radius 3 is 2.52 bits per heavy atom. The van der Waals surface area contributed by atoms with Crippen LogP contribution in [0.3, 0.4) is 0 Å². The number of halogens is 2. The van der Waals surface area contributed by atoms with Crippen LogP contribution >= 0.6 is 23.2 Å². The van der Waals surface area contributed by atoms with Crippen molar-refractivity contribution in [1.82, 2.24) is 15.0 Å². The third kappa shape index (κ3) is 4.25. The molecule has 4 nitrogen and oxygen atoms in total. The minimum absolute atomic E-state index is 0.382. The van der Waals surface area contributed by atoms with E-state index in [0.29, 0.717) is 21.3 Å². The summed E-state index contributed by atoms with van der Waals surface area (Å²) in [6.07, 6.45) is 4.61. The summed E-state index contributed by atoms with van der Waals surface area (Å²) in [5, 5.41) is 20.5. The van der Waals surface area contributed by atoms with Crippen LogP contribution in [0.1, 0.15) is 17.2 Å². The minimum Gasteiger partial charge on any atom is -0.382 e. The van der Waals surface area contributed by atoms with Gasteiger partial charge >= 0.3 is 0 Å². The lowest BCUT2D eigenvalue weighted by Gasteiger charge is -2.17. The molecule has 0 amide bonds. The number of aromatic nitrogens is 3. The Morgan fingerprint density at radius 2 is 1.72 bits per heavy atom. The summed E-state index contributed by atoms with van der Waals surface area (Å²) in [5.41, 5.74) is 3.63. The molecular formula is C23H17Cl2N3O. The summed E-state index contributed by atoms with van der Waals surface area (Å²) in [5.74, 6) is 0. The van der Waals surface area contributed by atoms with Crippen LogP contribution in [0.4, 0.5) is 0 Å². The van der Waals surface area contributed by atoms with E-state index in [2.05, 4.69) is 10.3 Å². The summed E-state index contributed by atoms with van der Waals surface area (Å²) >= 11 is 12.4. The van der Waals surface area contributed by atoms with Gasteiger partial charge in [-0.25, -0.2) is 4.68 Å². The molecule has 0 saturated heterocycles. The lowest BCUT2D eigenvalue weighted by atomic mass is 10.1. The summed E-state index contributed by atoms with van der Waals surface area (Å²) in [6.45, 7) is 0. The van der Waals surface area contributed by atoms with E-state index in [9.17, 15) is 5.11 Å². The highest BCUT2D eigenvalue weighted by Gasteiger charge is 2.20. The molecule has 0 bridgehead atoms. The predicted octanol–water partition coefficient (Wildman–Crippen LogP) is 6.03. The molecule has 4 aromatic rings. The first kappa shape index (κ1) is 19.4. The fourth-order valence-corrected chi connectivity index (χ4v) is 3.55. The van der Waals surface area contributed by atoms with Crippen molar-refractivity contribution in [3.8, 4) is 0 Å². The van der Waals surface area contributed by atoms with Crippen LogP contribution in [0, 0.1) is 0 Å². The van der Waals surface area contributed by atoms with Crippen LogP contribution in [-0.4, -0.2) is 20.1 Å². The van der Waals surface area contributed by atoms with Crippen molar-refractivity contribution >= 4 is 46.0 Å². The number of hydrogen-bond acceptors (Lipinski definition) is 3. The van der Waals surface area contributed by atoms with Gasteiger partial charge in [0, 0.05) is 15.6 Å². The Kier molecular flexibility index (Phi) is 5.76.